The van der Waals surface area contributed by atoms with Gasteiger partial charge in [0, 0.05) is 62.5 Å². The van der Waals surface area contributed by atoms with Gasteiger partial charge in [0.25, 0.3) is 17.7 Å². The number of allylic oxidation sites excluding steroid dienone is 1. The zero-order chi connectivity index (χ0) is 56.4. The van der Waals surface area contributed by atoms with Crippen molar-refractivity contribution in [3.8, 4) is 11.1 Å². The van der Waals surface area contributed by atoms with Gasteiger partial charge in [0.2, 0.25) is 17.7 Å². The molecule has 428 valence electrons. The van der Waals surface area contributed by atoms with Gasteiger partial charge in [-0.05, 0) is 176 Å². The van der Waals surface area contributed by atoms with Crippen molar-refractivity contribution in [2.24, 2.45) is 5.92 Å². The Balaban J connectivity index is 0.990. The average molecular weight is 1090 g/mol. The maximum absolute atomic E-state index is 14.8. The Morgan fingerprint density at radius 3 is 1.48 bits per heavy atom. The van der Waals surface area contributed by atoms with E-state index < -0.39 is 18.1 Å². The van der Waals surface area contributed by atoms with E-state index in [1.807, 2.05) is 111 Å². The number of benzene rings is 4. The number of hydrogen-bond acceptors (Lipinski definition) is 8. The first-order valence-electron chi connectivity index (χ1n) is 30.1. The molecule has 4 aliphatic rings. The summed E-state index contributed by atoms with van der Waals surface area (Å²) in [5, 5.41) is 12.3. The summed E-state index contributed by atoms with van der Waals surface area (Å²) in [4.78, 5) is 93.4. The van der Waals surface area contributed by atoms with E-state index in [9.17, 15) is 28.8 Å². The molecule has 2 saturated carbocycles. The van der Waals surface area contributed by atoms with Crippen LogP contribution in [0, 0.1) is 5.92 Å². The van der Waals surface area contributed by atoms with Crippen LogP contribution < -0.4 is 21.3 Å². The topological polar surface area (TPSA) is 163 Å². The number of hydrogen-bond donors (Lipinski definition) is 4. The Morgan fingerprint density at radius 1 is 0.525 bits per heavy atom. The molecule has 2 aliphatic carbocycles. The highest BCUT2D eigenvalue weighted by Gasteiger charge is 2.39. The van der Waals surface area contributed by atoms with Gasteiger partial charge in [0.15, 0.2) is 0 Å². The summed E-state index contributed by atoms with van der Waals surface area (Å²) in [5.74, 6) is -0.727. The van der Waals surface area contributed by atoms with Crippen molar-refractivity contribution in [1.29, 1.82) is 0 Å². The maximum Gasteiger partial charge on any atom is 0.270 e. The lowest BCUT2D eigenvalue weighted by Crippen LogP contribution is -2.60. The monoisotopic (exact) mass is 1090 g/mol. The Bertz CT molecular complexity index is 2700. The minimum absolute atomic E-state index is 0.0341. The quantitative estimate of drug-likeness (QED) is 0.0567. The van der Waals surface area contributed by atoms with E-state index in [0.717, 1.165) is 131 Å². The first-order chi connectivity index (χ1) is 38.9. The van der Waals surface area contributed by atoms with Crippen molar-refractivity contribution in [1.82, 2.24) is 40.9 Å². The Hall–Kier alpha value is -6.64. The molecule has 8 rings (SSSR count). The normalized spacial score (nSPS) is 19.0. The summed E-state index contributed by atoms with van der Waals surface area (Å²) in [6, 6.07) is 33.7. The molecule has 80 heavy (non-hydrogen) atoms. The van der Waals surface area contributed by atoms with Gasteiger partial charge in [-0.25, -0.2) is 0 Å². The van der Waals surface area contributed by atoms with E-state index >= 15 is 0 Å². The van der Waals surface area contributed by atoms with Crippen molar-refractivity contribution >= 4 is 35.4 Å². The predicted molar refractivity (Wildman–Crippen MR) is 316 cm³/mol. The van der Waals surface area contributed by atoms with E-state index in [0.29, 0.717) is 68.9 Å². The van der Waals surface area contributed by atoms with Gasteiger partial charge in [0.1, 0.15) is 11.7 Å². The van der Waals surface area contributed by atoms with Gasteiger partial charge in [0.05, 0.1) is 12.1 Å². The lowest BCUT2D eigenvalue weighted by Gasteiger charge is -2.42. The van der Waals surface area contributed by atoms with Gasteiger partial charge >= 0.3 is 0 Å². The fourth-order valence-electron chi connectivity index (χ4n) is 12.3. The van der Waals surface area contributed by atoms with Crippen LogP contribution in [0.2, 0.25) is 0 Å². The van der Waals surface area contributed by atoms with Crippen LogP contribution in [-0.2, 0) is 32.0 Å². The predicted octanol–water partition coefficient (Wildman–Crippen LogP) is 9.10. The van der Waals surface area contributed by atoms with Crippen LogP contribution >= 0.6 is 0 Å². The third-order valence-electron chi connectivity index (χ3n) is 17.5. The summed E-state index contributed by atoms with van der Waals surface area (Å²) in [6.45, 7) is 6.45. The van der Waals surface area contributed by atoms with Crippen LogP contribution in [-0.4, -0.2) is 139 Å². The molecule has 4 aromatic carbocycles. The molecule has 4 fully saturated rings. The number of carbonyl (C=O) groups excluding carboxylic acids is 6. The van der Waals surface area contributed by atoms with Crippen LogP contribution in [0.3, 0.4) is 0 Å². The molecule has 0 aromatic heterocycles. The molecule has 4 aromatic rings. The molecule has 14 heteroatoms. The molecule has 6 amide bonds. The highest BCUT2D eigenvalue weighted by atomic mass is 16.2. The molecule has 2 heterocycles. The molecular weight excluding hydrogens is 1000 g/mol. The minimum Gasteiger partial charge on any atom is -0.343 e. The smallest absolute Gasteiger partial charge is 0.270 e. The van der Waals surface area contributed by atoms with Crippen LogP contribution in [0.4, 0.5) is 0 Å². The average Bonchev–Trinajstić information content (AvgIpc) is 3.55. The number of likely N-dealkylation sites (N-methyl/N-ethyl adjacent to an activating group) is 2. The second-order valence-corrected chi connectivity index (χ2v) is 22.9. The first-order valence-corrected chi connectivity index (χ1v) is 30.1. The second-order valence-electron chi connectivity index (χ2n) is 22.9. The van der Waals surface area contributed by atoms with Crippen molar-refractivity contribution in [3.63, 3.8) is 0 Å². The minimum atomic E-state index is -0.604. The molecule has 5 atom stereocenters. The number of likely N-dealkylation sites (tertiary alicyclic amines) is 2. The summed E-state index contributed by atoms with van der Waals surface area (Å²) in [7, 11) is 3.49. The van der Waals surface area contributed by atoms with Crippen molar-refractivity contribution in [2.45, 2.75) is 160 Å². The Morgan fingerprint density at radius 2 is 0.975 bits per heavy atom. The van der Waals surface area contributed by atoms with E-state index in [-0.39, 0.29) is 53.4 Å². The zero-order valence-corrected chi connectivity index (χ0v) is 48.1. The standard InChI is InChI=1S/C66H88N8O6/c1-47(67-3)61(75)69-59(53-25-13-7-14-26-53)65(79)73-41-19-17-29-57(73)45-71(43-39-49-21-9-5-10-22-49)63(77)55-35-31-51(32-36-55)52-33-37-56(38-34-52)64(78)72(44-40-50-23-11-6-12-24-50)46-58-30-18-20-42-74(58)66(80)60(54-27-15-8-16-28-54)70-62(76)48(2)68-4/h5-6,9-12,21-24,31-38,47-48,53,57-59,67-68H,7-8,13-20,25-30,39-46H2,1-4H3,(H,69,75)(H,70,76)/t47-,48-,57-,58-,59-/m0/s1. The van der Waals surface area contributed by atoms with Crippen LogP contribution in [0.15, 0.2) is 120 Å². The Labute approximate surface area is 475 Å². The number of nitrogens with zero attached hydrogens (tertiary/aromatic N) is 4. The van der Waals surface area contributed by atoms with Crippen LogP contribution in [0.5, 0.6) is 0 Å². The third kappa shape index (κ3) is 15.8. The number of piperidine rings is 2. The largest absolute Gasteiger partial charge is 0.343 e. The highest BCUT2D eigenvalue weighted by Crippen LogP contribution is 2.32. The van der Waals surface area contributed by atoms with Gasteiger partial charge in [-0.1, -0.05) is 111 Å². The fourth-order valence-corrected chi connectivity index (χ4v) is 12.3. The third-order valence-corrected chi connectivity index (χ3v) is 17.5. The Kier molecular flexibility index (Phi) is 22.1. The summed E-state index contributed by atoms with van der Waals surface area (Å²) in [5.41, 5.74) is 6.58. The summed E-state index contributed by atoms with van der Waals surface area (Å²) >= 11 is 0. The molecule has 14 nitrogen and oxygen atoms in total. The molecule has 0 radical (unpaired) electrons. The van der Waals surface area contributed by atoms with Crippen molar-refractivity contribution < 1.29 is 28.8 Å². The number of amides is 6. The number of carbonyl (C=O) groups is 6. The molecule has 0 bridgehead atoms. The lowest BCUT2D eigenvalue weighted by atomic mass is 9.82. The number of nitrogens with one attached hydrogen (secondary N) is 4. The van der Waals surface area contributed by atoms with E-state index in [2.05, 4.69) is 45.5 Å². The molecule has 2 saturated heterocycles. The van der Waals surface area contributed by atoms with Crippen LogP contribution in [0.1, 0.15) is 148 Å². The highest BCUT2D eigenvalue weighted by molar-refractivity contribution is 6.00. The van der Waals surface area contributed by atoms with Crippen LogP contribution in [0.25, 0.3) is 11.1 Å². The van der Waals surface area contributed by atoms with Gasteiger partial charge in [-0.2, -0.15) is 0 Å². The first kappa shape index (κ1) is 59.5. The summed E-state index contributed by atoms with van der Waals surface area (Å²) < 4.78 is 0. The van der Waals surface area contributed by atoms with E-state index in [1.165, 1.54) is 0 Å². The SMILES string of the molecule is CN[C@@H](C)C(=O)NC(C(=O)N1CCCC[C@H]1CN(CCc1ccccc1)C(=O)c1ccc(-c2ccc(C(=O)N(CCc3ccccc3)C[C@@H]3CCCCN3C(=O)[C@@H](NC(=O)[C@H](C)NC)C3CCCCC3)cc2)cc1)=C1CCCCC1. The lowest BCUT2D eigenvalue weighted by molar-refractivity contribution is -0.142. The second kappa shape index (κ2) is 29.7. The maximum atomic E-state index is 14.8. The number of rotatable bonds is 22. The molecule has 4 N–H and O–H groups in total. The van der Waals surface area contributed by atoms with Crippen molar-refractivity contribution in [2.75, 3.05) is 53.4 Å². The van der Waals surface area contributed by atoms with Gasteiger partial charge in [-0.15, -0.1) is 0 Å². The van der Waals surface area contributed by atoms with Gasteiger partial charge in [-0.3, -0.25) is 28.8 Å². The fraction of sp³-hybridized carbons (Fsp3) is 0.515. The molecule has 2 aliphatic heterocycles. The van der Waals surface area contributed by atoms with Gasteiger partial charge < -0.3 is 40.9 Å². The molecule has 0 spiro atoms. The van der Waals surface area contributed by atoms with E-state index in [1.54, 1.807) is 21.0 Å². The summed E-state index contributed by atoms with van der Waals surface area (Å²) in [6.07, 6.45) is 16.2. The van der Waals surface area contributed by atoms with E-state index in [4.69, 9.17) is 0 Å². The zero-order valence-electron chi connectivity index (χ0n) is 48.1. The molecule has 0 unspecified atom stereocenters. The molecular formula is C66H88N8O6. The van der Waals surface area contributed by atoms with Crippen molar-refractivity contribution in [3.05, 3.63) is 143 Å².